The average Bonchev–Trinajstić information content (AvgIpc) is 3.18. The molecule has 0 unspecified atom stereocenters. The van der Waals surface area contributed by atoms with Gasteiger partial charge in [-0.1, -0.05) is 0 Å². The summed E-state index contributed by atoms with van der Waals surface area (Å²) in [5.41, 5.74) is 1.08. The van der Waals surface area contributed by atoms with Crippen molar-refractivity contribution in [2.45, 2.75) is 70.7 Å². The Labute approximate surface area is 191 Å². The first-order valence-electron chi connectivity index (χ1n) is 10.7. The van der Waals surface area contributed by atoms with Crippen molar-refractivity contribution in [2.75, 3.05) is 14.2 Å². The first-order chi connectivity index (χ1) is 14.6. The molecule has 1 aliphatic rings. The number of ether oxygens (including phenoxy) is 2. The van der Waals surface area contributed by atoms with Crippen LogP contribution in [0.25, 0.3) is 0 Å². The van der Waals surface area contributed by atoms with E-state index < -0.39 is 0 Å². The maximum absolute atomic E-state index is 5.90. The lowest BCUT2D eigenvalue weighted by atomic mass is 9.80. The van der Waals surface area contributed by atoms with Crippen molar-refractivity contribution in [1.82, 2.24) is 15.5 Å². The Hall–Kier alpha value is -2.25. The first-order valence-corrected chi connectivity index (χ1v) is 11.1. The number of rotatable bonds is 7. The summed E-state index contributed by atoms with van der Waals surface area (Å²) in [4.78, 5) is 2.12. The third-order valence-corrected chi connectivity index (χ3v) is 5.96. The second-order valence-corrected chi connectivity index (χ2v) is 9.95. The molecule has 1 aromatic carbocycles. The molecule has 1 aromatic heterocycles. The predicted octanol–water partition coefficient (Wildman–Crippen LogP) is 4.48. The molecule has 31 heavy (non-hydrogen) atoms. The summed E-state index contributed by atoms with van der Waals surface area (Å²) < 4.78 is 16.6. The van der Waals surface area contributed by atoms with Gasteiger partial charge in [0.05, 0.1) is 27.0 Å². The summed E-state index contributed by atoms with van der Waals surface area (Å²) in [6, 6.07) is 9.96. The van der Waals surface area contributed by atoms with E-state index in [4.69, 9.17) is 26.1 Å². The first kappa shape index (κ1) is 23.4. The van der Waals surface area contributed by atoms with Gasteiger partial charge in [-0.2, -0.15) is 0 Å². The van der Waals surface area contributed by atoms with Crippen LogP contribution in [-0.4, -0.2) is 41.4 Å². The fourth-order valence-electron chi connectivity index (χ4n) is 4.69. The number of benzene rings is 1. The Morgan fingerprint density at radius 2 is 1.84 bits per heavy atom. The number of hydrogen-bond acceptors (Lipinski definition) is 5. The molecule has 1 aliphatic heterocycles. The topological polar surface area (TPSA) is 58.9 Å². The highest BCUT2D eigenvalue weighted by atomic mass is 32.1. The fraction of sp³-hybridized carbons (Fsp3) is 0.542. The minimum absolute atomic E-state index is 0.0386. The summed E-state index contributed by atoms with van der Waals surface area (Å²) in [7, 11) is 3.34. The molecule has 2 aromatic rings. The highest BCUT2D eigenvalue weighted by molar-refractivity contribution is 7.80. The maximum Gasteiger partial charge on any atom is 0.169 e. The SMILES string of the molecule is COc1ccc(OC)c(CN(Cc2ccco2)C(=S)NC2CC(C)(C)NC(C)(C)C2)c1. The van der Waals surface area contributed by atoms with Crippen LogP contribution in [0.4, 0.5) is 0 Å². The molecule has 1 fully saturated rings. The van der Waals surface area contributed by atoms with Crippen LogP contribution < -0.4 is 20.1 Å². The molecule has 0 amide bonds. The van der Waals surface area contributed by atoms with Crippen LogP contribution in [0.2, 0.25) is 0 Å². The Bertz CT molecular complexity index is 864. The van der Waals surface area contributed by atoms with E-state index in [1.54, 1.807) is 20.5 Å². The highest BCUT2D eigenvalue weighted by Gasteiger charge is 2.38. The molecule has 7 heteroatoms. The van der Waals surface area contributed by atoms with Crippen LogP contribution in [0.5, 0.6) is 11.5 Å². The summed E-state index contributed by atoms with van der Waals surface area (Å²) in [6.45, 7) is 10.1. The van der Waals surface area contributed by atoms with Crippen molar-refractivity contribution in [3.63, 3.8) is 0 Å². The minimum atomic E-state index is 0.0386. The van der Waals surface area contributed by atoms with Gasteiger partial charge < -0.3 is 29.4 Å². The van der Waals surface area contributed by atoms with Gasteiger partial charge in [0.25, 0.3) is 0 Å². The van der Waals surface area contributed by atoms with Gasteiger partial charge in [0.2, 0.25) is 0 Å². The highest BCUT2D eigenvalue weighted by Crippen LogP contribution is 2.29. The second kappa shape index (κ2) is 9.49. The van der Waals surface area contributed by atoms with Crippen molar-refractivity contribution in [2.24, 2.45) is 0 Å². The van der Waals surface area contributed by atoms with Gasteiger partial charge in [-0.25, -0.2) is 0 Å². The predicted molar refractivity (Wildman–Crippen MR) is 128 cm³/mol. The van der Waals surface area contributed by atoms with E-state index in [0.29, 0.717) is 18.2 Å². The molecule has 170 valence electrons. The Balaban J connectivity index is 1.81. The molecule has 6 nitrogen and oxygen atoms in total. The van der Waals surface area contributed by atoms with Crippen LogP contribution in [0.1, 0.15) is 51.9 Å². The van der Waals surface area contributed by atoms with Gasteiger partial charge in [0.15, 0.2) is 5.11 Å². The molecule has 3 rings (SSSR count). The summed E-state index contributed by atoms with van der Waals surface area (Å²) in [6.07, 6.45) is 3.68. The third kappa shape index (κ3) is 6.37. The van der Waals surface area contributed by atoms with Crippen LogP contribution in [0, 0.1) is 0 Å². The molecule has 0 spiro atoms. The number of thiocarbonyl (C=S) groups is 1. The second-order valence-electron chi connectivity index (χ2n) is 9.56. The van der Waals surface area contributed by atoms with Gasteiger partial charge in [-0.15, -0.1) is 0 Å². The van der Waals surface area contributed by atoms with E-state index in [9.17, 15) is 0 Å². The molecular formula is C24H35N3O3S. The summed E-state index contributed by atoms with van der Waals surface area (Å²) in [5.74, 6) is 2.45. The van der Waals surface area contributed by atoms with E-state index in [0.717, 1.165) is 35.7 Å². The van der Waals surface area contributed by atoms with Crippen molar-refractivity contribution in [3.05, 3.63) is 47.9 Å². The van der Waals surface area contributed by atoms with Gasteiger partial charge >= 0.3 is 0 Å². The molecule has 0 bridgehead atoms. The van der Waals surface area contributed by atoms with Gasteiger partial charge in [-0.3, -0.25) is 0 Å². The van der Waals surface area contributed by atoms with Crippen LogP contribution in [-0.2, 0) is 13.1 Å². The molecule has 2 N–H and O–H groups in total. The molecule has 1 saturated heterocycles. The number of furan rings is 1. The number of piperidine rings is 1. The molecule has 0 atom stereocenters. The number of nitrogens with one attached hydrogen (secondary N) is 2. The normalized spacial score (nSPS) is 17.7. The van der Waals surface area contributed by atoms with E-state index >= 15 is 0 Å². The van der Waals surface area contributed by atoms with Crippen LogP contribution in [0.3, 0.4) is 0 Å². The smallest absolute Gasteiger partial charge is 0.169 e. The average molecular weight is 446 g/mol. The largest absolute Gasteiger partial charge is 0.497 e. The molecule has 2 heterocycles. The minimum Gasteiger partial charge on any atom is -0.497 e. The number of nitrogens with zero attached hydrogens (tertiary/aromatic N) is 1. The van der Waals surface area contributed by atoms with Crippen molar-refractivity contribution < 1.29 is 13.9 Å². The van der Waals surface area contributed by atoms with Crippen molar-refractivity contribution >= 4 is 17.3 Å². The lowest BCUT2D eigenvalue weighted by Crippen LogP contribution is -2.62. The molecule has 0 saturated carbocycles. The summed E-state index contributed by atoms with van der Waals surface area (Å²) in [5, 5.41) is 8.07. The van der Waals surface area contributed by atoms with Gasteiger partial charge in [0.1, 0.15) is 17.3 Å². The Morgan fingerprint density at radius 3 is 2.42 bits per heavy atom. The number of methoxy groups -OCH3 is 2. The lowest BCUT2D eigenvalue weighted by molar-refractivity contribution is 0.153. The Morgan fingerprint density at radius 1 is 1.13 bits per heavy atom. The summed E-state index contributed by atoms with van der Waals surface area (Å²) >= 11 is 5.90. The quantitative estimate of drug-likeness (QED) is 0.609. The van der Waals surface area contributed by atoms with Crippen LogP contribution in [0.15, 0.2) is 41.0 Å². The van der Waals surface area contributed by atoms with E-state index in [-0.39, 0.29) is 17.1 Å². The zero-order valence-corrected chi connectivity index (χ0v) is 20.3. The Kier molecular flexibility index (Phi) is 7.17. The zero-order chi connectivity index (χ0) is 22.6. The number of hydrogen-bond donors (Lipinski definition) is 2. The fourth-order valence-corrected chi connectivity index (χ4v) is 4.99. The van der Waals surface area contributed by atoms with Crippen molar-refractivity contribution in [3.8, 4) is 11.5 Å². The van der Waals surface area contributed by atoms with Crippen molar-refractivity contribution in [1.29, 1.82) is 0 Å². The van der Waals surface area contributed by atoms with E-state index in [2.05, 4.69) is 43.2 Å². The van der Waals surface area contributed by atoms with E-state index in [1.165, 1.54) is 0 Å². The monoisotopic (exact) mass is 445 g/mol. The molecule has 0 radical (unpaired) electrons. The van der Waals surface area contributed by atoms with E-state index in [1.807, 2.05) is 30.3 Å². The zero-order valence-electron chi connectivity index (χ0n) is 19.5. The van der Waals surface area contributed by atoms with Gasteiger partial charge in [0, 0.05) is 29.2 Å². The third-order valence-electron chi connectivity index (χ3n) is 5.58. The lowest BCUT2D eigenvalue weighted by Gasteiger charge is -2.47. The van der Waals surface area contributed by atoms with Crippen LogP contribution >= 0.6 is 12.2 Å². The van der Waals surface area contributed by atoms with Gasteiger partial charge in [-0.05, 0) is 83.1 Å². The maximum atomic E-state index is 5.90. The molecule has 0 aliphatic carbocycles. The molecular weight excluding hydrogens is 410 g/mol. The standard InChI is InChI=1S/C24H35N3O3S/c1-23(2)13-18(14-24(3,4)26-23)25-22(31)27(16-20-8-7-11-30-20)15-17-12-19(28-5)9-10-21(17)29-6/h7-12,18,26H,13-16H2,1-6H3,(H,25,31).